The molecular formula is C26H40O5S. The fraction of sp³-hybridized carbons (Fsp3) is 0.885. The first-order chi connectivity index (χ1) is 14.9. The summed E-state index contributed by atoms with van der Waals surface area (Å²) in [5.74, 6) is 3.72. The first-order valence-corrected chi connectivity index (χ1v) is 14.2. The molecule has 0 saturated heterocycles. The second kappa shape index (κ2) is 8.10. The van der Waals surface area contributed by atoms with Crippen LogP contribution in [0.15, 0.2) is 0 Å². The molecule has 4 aliphatic carbocycles. The number of Topliss-reactive ketones (excluding diaryl/α,β-unsaturated/α-hetero) is 1. The number of carbonyl (C=O) groups excluding carboxylic acids is 1. The van der Waals surface area contributed by atoms with E-state index in [0.717, 1.165) is 44.9 Å². The topological polar surface area (TPSA) is 91.7 Å². The van der Waals surface area contributed by atoms with Crippen molar-refractivity contribution in [1.82, 2.24) is 0 Å². The minimum Gasteiger partial charge on any atom is -0.378 e. The van der Waals surface area contributed by atoms with Crippen LogP contribution in [0.1, 0.15) is 85.0 Å². The van der Waals surface area contributed by atoms with Gasteiger partial charge in [0.1, 0.15) is 11.4 Å². The van der Waals surface area contributed by atoms with Gasteiger partial charge in [0.2, 0.25) is 0 Å². The molecule has 2 N–H and O–H groups in total. The number of rotatable bonds is 5. The summed E-state index contributed by atoms with van der Waals surface area (Å²) >= 11 is 0. The highest BCUT2D eigenvalue weighted by molar-refractivity contribution is 7.92. The van der Waals surface area contributed by atoms with Crippen LogP contribution in [-0.4, -0.2) is 41.2 Å². The Balaban J connectivity index is 1.52. The number of carbonyl (C=O) groups is 1. The Hall–Kier alpha value is -0.900. The molecule has 4 aliphatic rings. The monoisotopic (exact) mass is 464 g/mol. The molecule has 4 fully saturated rings. The van der Waals surface area contributed by atoms with Crippen molar-refractivity contribution in [1.29, 1.82) is 0 Å². The number of hydrogen-bond donors (Lipinski definition) is 2. The van der Waals surface area contributed by atoms with Gasteiger partial charge in [0.15, 0.2) is 21.1 Å². The van der Waals surface area contributed by atoms with Crippen molar-refractivity contribution in [3.63, 3.8) is 0 Å². The summed E-state index contributed by atoms with van der Waals surface area (Å²) in [4.78, 5) is 13.2. The van der Waals surface area contributed by atoms with Crippen LogP contribution in [0.5, 0.6) is 0 Å². The molecule has 0 bridgehead atoms. The first-order valence-electron chi connectivity index (χ1n) is 12.5. The maximum Gasteiger partial charge on any atom is 0.183 e. The molecule has 4 rings (SSSR count). The lowest BCUT2D eigenvalue weighted by Crippen LogP contribution is -2.56. The average molecular weight is 465 g/mol. The van der Waals surface area contributed by atoms with Gasteiger partial charge >= 0.3 is 0 Å². The second-order valence-electron chi connectivity index (χ2n) is 11.8. The Bertz CT molecular complexity index is 906. The van der Waals surface area contributed by atoms with Gasteiger partial charge in [-0.05, 0) is 98.7 Å². The highest BCUT2D eigenvalue weighted by atomic mass is 32.2. The Morgan fingerprint density at radius 1 is 1.06 bits per heavy atom. The van der Waals surface area contributed by atoms with Crippen LogP contribution in [0, 0.1) is 52.8 Å². The van der Waals surface area contributed by atoms with Crippen molar-refractivity contribution in [3.8, 4) is 12.3 Å². The van der Waals surface area contributed by atoms with Gasteiger partial charge in [0.25, 0.3) is 0 Å². The third-order valence-corrected chi connectivity index (χ3v) is 12.3. The standard InChI is InChI=1S/C26H40O5S/c1-5-23(28)32(30,31)16-22(27)21-10-9-19-18-8-7-17-15-26(29,6-2)14-13-24(17,3)20(18)11-12-25(19,21)4/h2,17-21,23,28-29H,5,7-16H2,1,3-4H3/t17-,18+,19+,20+,21-,23?,24+,25+,26-/m1/s1. The third-order valence-electron chi connectivity index (χ3n) is 10.5. The molecular weight excluding hydrogens is 424 g/mol. The average Bonchev–Trinajstić information content (AvgIpc) is 3.10. The van der Waals surface area contributed by atoms with Crippen molar-refractivity contribution in [2.75, 3.05) is 5.75 Å². The molecule has 32 heavy (non-hydrogen) atoms. The maximum atomic E-state index is 13.2. The SMILES string of the molecule is C#C[C@@]1(O)CC[C@@]2(C)[C@H](CC[C@@H]3[C@@H]2CC[C@]2(C)[C@@H](C(=O)CS(=O)(=O)C(O)CC)CC[C@@H]32)C1. The van der Waals surface area contributed by atoms with Crippen LogP contribution in [0.3, 0.4) is 0 Å². The zero-order valence-electron chi connectivity index (χ0n) is 19.8. The summed E-state index contributed by atoms with van der Waals surface area (Å²) in [7, 11) is -3.81. The summed E-state index contributed by atoms with van der Waals surface area (Å²) in [5.41, 5.74) is -2.37. The van der Waals surface area contributed by atoms with Crippen molar-refractivity contribution >= 4 is 15.6 Å². The van der Waals surface area contributed by atoms with Gasteiger partial charge in [-0.3, -0.25) is 4.79 Å². The number of aliphatic hydroxyl groups is 2. The Morgan fingerprint density at radius 3 is 2.41 bits per heavy atom. The van der Waals surface area contributed by atoms with E-state index in [0.29, 0.717) is 36.5 Å². The zero-order chi connectivity index (χ0) is 23.5. The molecule has 1 unspecified atom stereocenters. The maximum absolute atomic E-state index is 13.2. The number of hydrogen-bond acceptors (Lipinski definition) is 5. The normalized spacial score (nSPS) is 46.9. The molecule has 0 spiro atoms. The Morgan fingerprint density at radius 2 is 1.75 bits per heavy atom. The fourth-order valence-corrected chi connectivity index (χ4v) is 9.85. The summed E-state index contributed by atoms with van der Waals surface area (Å²) in [6.45, 7) is 6.25. The van der Waals surface area contributed by atoms with Gasteiger partial charge in [-0.2, -0.15) is 0 Å². The molecule has 0 aromatic heterocycles. The van der Waals surface area contributed by atoms with E-state index in [4.69, 9.17) is 6.42 Å². The Kier molecular flexibility index (Phi) is 6.13. The molecule has 4 saturated carbocycles. The minimum atomic E-state index is -3.81. The molecule has 0 heterocycles. The predicted molar refractivity (Wildman–Crippen MR) is 124 cm³/mol. The highest BCUT2D eigenvalue weighted by Crippen LogP contribution is 2.68. The first kappa shape index (κ1) is 24.2. The number of ketones is 1. The molecule has 9 atom stereocenters. The van der Waals surface area contributed by atoms with Crippen LogP contribution in [0.25, 0.3) is 0 Å². The van der Waals surface area contributed by atoms with E-state index < -0.39 is 26.6 Å². The van der Waals surface area contributed by atoms with Crippen LogP contribution < -0.4 is 0 Å². The summed E-state index contributed by atoms with van der Waals surface area (Å²) in [5, 5.41) is 20.6. The van der Waals surface area contributed by atoms with Gasteiger partial charge in [0.05, 0.1) is 0 Å². The van der Waals surface area contributed by atoms with Crippen LogP contribution in [0.2, 0.25) is 0 Å². The lowest BCUT2D eigenvalue weighted by molar-refractivity contribution is -0.144. The lowest BCUT2D eigenvalue weighted by atomic mass is 9.44. The smallest absolute Gasteiger partial charge is 0.183 e. The molecule has 0 aliphatic heterocycles. The van der Waals surface area contributed by atoms with Crippen molar-refractivity contribution in [3.05, 3.63) is 0 Å². The summed E-state index contributed by atoms with van der Waals surface area (Å²) in [6.07, 6.45) is 14.0. The van der Waals surface area contributed by atoms with Gasteiger partial charge in [-0.1, -0.05) is 26.7 Å². The van der Waals surface area contributed by atoms with Crippen LogP contribution in [-0.2, 0) is 14.6 Å². The van der Waals surface area contributed by atoms with E-state index in [1.807, 2.05) is 0 Å². The van der Waals surface area contributed by atoms with Gasteiger partial charge in [-0.25, -0.2) is 8.42 Å². The van der Waals surface area contributed by atoms with E-state index in [-0.39, 0.29) is 29.0 Å². The van der Waals surface area contributed by atoms with Crippen molar-refractivity contribution < 1.29 is 23.4 Å². The minimum absolute atomic E-state index is 0.110. The highest BCUT2D eigenvalue weighted by Gasteiger charge is 2.62. The number of sulfone groups is 1. The van der Waals surface area contributed by atoms with E-state index in [9.17, 15) is 23.4 Å². The van der Waals surface area contributed by atoms with Crippen molar-refractivity contribution in [2.24, 2.45) is 40.4 Å². The molecule has 6 heteroatoms. The molecule has 180 valence electrons. The van der Waals surface area contributed by atoms with E-state index >= 15 is 0 Å². The van der Waals surface area contributed by atoms with Crippen LogP contribution >= 0.6 is 0 Å². The molecule has 5 nitrogen and oxygen atoms in total. The third kappa shape index (κ3) is 3.67. The van der Waals surface area contributed by atoms with Gasteiger partial charge in [-0.15, -0.1) is 6.42 Å². The van der Waals surface area contributed by atoms with E-state index in [2.05, 4.69) is 19.8 Å². The summed E-state index contributed by atoms with van der Waals surface area (Å²) in [6, 6.07) is 0. The second-order valence-corrected chi connectivity index (χ2v) is 14.0. The molecule has 0 radical (unpaired) electrons. The molecule has 0 aromatic rings. The van der Waals surface area contributed by atoms with Crippen molar-refractivity contribution in [2.45, 2.75) is 96.0 Å². The zero-order valence-corrected chi connectivity index (χ0v) is 20.7. The fourth-order valence-electron chi connectivity index (χ4n) is 8.55. The van der Waals surface area contributed by atoms with Gasteiger partial charge in [0, 0.05) is 5.92 Å². The van der Waals surface area contributed by atoms with E-state index in [1.54, 1.807) is 6.92 Å². The Labute approximate surface area is 193 Å². The van der Waals surface area contributed by atoms with Crippen LogP contribution in [0.4, 0.5) is 0 Å². The summed E-state index contributed by atoms with van der Waals surface area (Å²) < 4.78 is 24.8. The van der Waals surface area contributed by atoms with E-state index in [1.165, 1.54) is 0 Å². The number of aliphatic hydroxyl groups excluding tert-OH is 1. The predicted octanol–water partition coefficient (Wildman–Crippen LogP) is 3.72. The lowest BCUT2D eigenvalue weighted by Gasteiger charge is -2.61. The van der Waals surface area contributed by atoms with Gasteiger partial charge < -0.3 is 10.2 Å². The largest absolute Gasteiger partial charge is 0.378 e. The molecule has 0 amide bonds. The quantitative estimate of drug-likeness (QED) is 0.605. The molecule has 0 aromatic carbocycles. The number of fused-ring (bicyclic) bond motifs is 5. The number of terminal acetylenes is 1.